The fourth-order valence-electron chi connectivity index (χ4n) is 6.58. The van der Waals surface area contributed by atoms with Gasteiger partial charge in [0.05, 0.1) is 27.9 Å². The molecule has 42 heavy (non-hydrogen) atoms. The first-order valence-electron chi connectivity index (χ1n) is 14.3. The highest BCUT2D eigenvalue weighted by Gasteiger charge is 2.38. The van der Waals surface area contributed by atoms with E-state index in [-0.39, 0.29) is 0 Å². The van der Waals surface area contributed by atoms with Crippen molar-refractivity contribution in [3.05, 3.63) is 186 Å². The van der Waals surface area contributed by atoms with Gasteiger partial charge in [-0.05, 0) is 63.7 Å². The van der Waals surface area contributed by atoms with Crippen LogP contribution in [0.1, 0.15) is 28.1 Å². The van der Waals surface area contributed by atoms with Crippen LogP contribution in [0.15, 0.2) is 163 Å². The number of para-hydroxylation sites is 1. The molecule has 0 N–H and O–H groups in total. The van der Waals surface area contributed by atoms with Crippen LogP contribution < -0.4 is 0 Å². The number of benzene rings is 6. The third-order valence-electron chi connectivity index (χ3n) is 8.44. The number of aromatic nitrogens is 2. The predicted molar refractivity (Wildman–Crippen MR) is 174 cm³/mol. The van der Waals surface area contributed by atoms with Gasteiger partial charge in [-0.25, -0.2) is 4.98 Å². The Balaban J connectivity index is 1.32. The highest BCUT2D eigenvalue weighted by Crippen LogP contribution is 2.46. The quantitative estimate of drug-likeness (QED) is 0.196. The normalized spacial score (nSPS) is 12.6. The lowest BCUT2D eigenvalue weighted by molar-refractivity contribution is 0.745. The van der Waals surface area contributed by atoms with Crippen molar-refractivity contribution in [1.29, 1.82) is 0 Å². The summed E-state index contributed by atoms with van der Waals surface area (Å²) in [7, 11) is 0. The molecular weight excluding hydrogens is 529 g/mol. The molecule has 0 fully saturated rings. The molecular formula is C39H28N2S. The van der Waals surface area contributed by atoms with Crippen LogP contribution in [-0.2, 0) is 11.2 Å². The van der Waals surface area contributed by atoms with Crippen molar-refractivity contribution in [2.75, 3.05) is 0 Å². The summed E-state index contributed by atoms with van der Waals surface area (Å²) in [6.45, 7) is 0. The molecule has 0 saturated carbocycles. The molecule has 6 aromatic carbocycles. The van der Waals surface area contributed by atoms with Crippen LogP contribution in [0.2, 0.25) is 0 Å². The van der Waals surface area contributed by atoms with Crippen LogP contribution in [-0.4, -0.2) is 9.55 Å². The monoisotopic (exact) mass is 556 g/mol. The van der Waals surface area contributed by atoms with Gasteiger partial charge in [0.25, 0.3) is 0 Å². The van der Waals surface area contributed by atoms with Crippen LogP contribution in [0.4, 0.5) is 0 Å². The molecule has 0 spiro atoms. The van der Waals surface area contributed by atoms with E-state index in [1.54, 1.807) is 0 Å². The van der Waals surface area contributed by atoms with Crippen LogP contribution in [0.3, 0.4) is 0 Å². The molecule has 1 aliphatic rings. The Morgan fingerprint density at radius 2 is 1.10 bits per heavy atom. The van der Waals surface area contributed by atoms with Crippen molar-refractivity contribution < 1.29 is 0 Å². The molecule has 1 aromatic heterocycles. The molecule has 0 aliphatic carbocycles. The van der Waals surface area contributed by atoms with Gasteiger partial charge in [0.15, 0.2) is 0 Å². The summed E-state index contributed by atoms with van der Waals surface area (Å²) >= 11 is 1.86. The predicted octanol–water partition coefficient (Wildman–Crippen LogP) is 9.68. The third kappa shape index (κ3) is 3.93. The number of nitrogens with zero attached hydrogens (tertiary/aromatic N) is 2. The summed E-state index contributed by atoms with van der Waals surface area (Å²) in [6.07, 6.45) is 0. The molecule has 0 saturated heterocycles. The van der Waals surface area contributed by atoms with Gasteiger partial charge in [-0.3, -0.25) is 4.57 Å². The average molecular weight is 557 g/mol. The summed E-state index contributed by atoms with van der Waals surface area (Å²) in [4.78, 5) is 6.40. The first-order valence-corrected chi connectivity index (χ1v) is 15.3. The summed E-state index contributed by atoms with van der Waals surface area (Å²) in [5.74, 6) is 1.99. The highest BCUT2D eigenvalue weighted by atomic mass is 32.2. The largest absolute Gasteiger partial charge is 0.294 e. The summed E-state index contributed by atoms with van der Waals surface area (Å²) in [5, 5.41) is 0. The van der Waals surface area contributed by atoms with Gasteiger partial charge in [-0.2, -0.15) is 0 Å². The zero-order valence-electron chi connectivity index (χ0n) is 23.0. The van der Waals surface area contributed by atoms with Crippen molar-refractivity contribution in [2.45, 2.75) is 16.1 Å². The molecule has 3 heteroatoms. The molecule has 200 valence electrons. The van der Waals surface area contributed by atoms with Crippen LogP contribution >= 0.6 is 11.8 Å². The van der Waals surface area contributed by atoms with Gasteiger partial charge >= 0.3 is 0 Å². The maximum atomic E-state index is 5.09. The van der Waals surface area contributed by atoms with Gasteiger partial charge in [-0.15, -0.1) is 11.8 Å². The zero-order chi connectivity index (χ0) is 27.9. The Hall–Kier alpha value is -4.86. The second-order valence-corrected chi connectivity index (χ2v) is 11.8. The number of imidazole rings is 1. The fraction of sp³-hybridized carbons (Fsp3) is 0.0513. The van der Waals surface area contributed by atoms with E-state index in [0.717, 1.165) is 22.6 Å². The lowest BCUT2D eigenvalue weighted by Crippen LogP contribution is -2.31. The topological polar surface area (TPSA) is 17.8 Å². The Morgan fingerprint density at radius 3 is 1.76 bits per heavy atom. The van der Waals surface area contributed by atoms with Crippen LogP contribution in [0, 0.1) is 0 Å². The van der Waals surface area contributed by atoms with Gasteiger partial charge in [0, 0.05) is 4.90 Å². The second-order valence-electron chi connectivity index (χ2n) is 10.8. The summed E-state index contributed by atoms with van der Waals surface area (Å²) in [5.41, 5.74) is 10.3. The number of rotatable bonds is 5. The Bertz CT molecular complexity index is 1930. The third-order valence-corrected chi connectivity index (χ3v) is 9.49. The minimum atomic E-state index is -0.474. The van der Waals surface area contributed by atoms with Crippen molar-refractivity contribution in [3.63, 3.8) is 0 Å². The van der Waals surface area contributed by atoms with E-state index in [9.17, 15) is 0 Å². The van der Waals surface area contributed by atoms with E-state index in [1.807, 2.05) is 11.8 Å². The first kappa shape index (κ1) is 24.9. The van der Waals surface area contributed by atoms with Crippen molar-refractivity contribution >= 4 is 22.8 Å². The smallest absolute Gasteiger partial charge is 0.124 e. The molecule has 2 nitrogen and oxygen atoms in total. The summed E-state index contributed by atoms with van der Waals surface area (Å²) < 4.78 is 2.33. The second kappa shape index (κ2) is 10.2. The van der Waals surface area contributed by atoms with Crippen molar-refractivity contribution in [3.8, 4) is 16.8 Å². The lowest BCUT2D eigenvalue weighted by atomic mass is 9.65. The molecule has 0 atom stereocenters. The number of hydrogen-bond donors (Lipinski definition) is 0. The fourth-order valence-corrected chi connectivity index (χ4v) is 7.54. The lowest BCUT2D eigenvalue weighted by Gasteiger charge is -2.37. The minimum absolute atomic E-state index is 0.474. The van der Waals surface area contributed by atoms with E-state index in [4.69, 9.17) is 4.98 Å². The van der Waals surface area contributed by atoms with E-state index in [0.29, 0.717) is 0 Å². The molecule has 2 heterocycles. The average Bonchev–Trinajstić information content (AvgIpc) is 3.45. The van der Waals surface area contributed by atoms with E-state index in [2.05, 4.69) is 162 Å². The summed E-state index contributed by atoms with van der Waals surface area (Å²) in [6, 6.07) is 57.1. The SMILES string of the molecule is c1ccc(C(c2ccccc2)(c2ccccc2)c2cccc(-c3ccc4c(c3)nc3n4-c4ccccc4SC3)c2)cc1. The van der Waals surface area contributed by atoms with Crippen LogP contribution in [0.5, 0.6) is 0 Å². The van der Waals surface area contributed by atoms with Crippen molar-refractivity contribution in [2.24, 2.45) is 0 Å². The first-order chi connectivity index (χ1) is 20.8. The van der Waals surface area contributed by atoms with Crippen LogP contribution in [0.25, 0.3) is 27.8 Å². The van der Waals surface area contributed by atoms with Crippen molar-refractivity contribution in [1.82, 2.24) is 9.55 Å². The zero-order valence-corrected chi connectivity index (χ0v) is 23.8. The molecule has 0 bridgehead atoms. The van der Waals surface area contributed by atoms with Gasteiger partial charge in [0.1, 0.15) is 5.82 Å². The van der Waals surface area contributed by atoms with Gasteiger partial charge in [-0.1, -0.05) is 127 Å². The van der Waals surface area contributed by atoms with E-state index >= 15 is 0 Å². The Labute approximate surface area is 250 Å². The Morgan fingerprint density at radius 1 is 0.524 bits per heavy atom. The van der Waals surface area contributed by atoms with Gasteiger partial charge < -0.3 is 0 Å². The molecule has 1 aliphatic heterocycles. The maximum Gasteiger partial charge on any atom is 0.124 e. The van der Waals surface area contributed by atoms with E-state index < -0.39 is 5.41 Å². The standard InChI is InChI=1S/C39H28N2S/c1-4-14-30(15-5-1)39(31-16-6-2-7-17-31,32-18-8-3-9-19-32)33-20-12-13-28(25-33)29-23-24-35-34(26-29)40-38-27-42-37-22-11-10-21-36(37)41(35)38/h1-26H,27H2. The van der Waals surface area contributed by atoms with Gasteiger partial charge in [0.2, 0.25) is 0 Å². The number of thioether (sulfide) groups is 1. The number of hydrogen-bond acceptors (Lipinski definition) is 2. The molecule has 7 aromatic rings. The molecule has 0 radical (unpaired) electrons. The number of fused-ring (bicyclic) bond motifs is 5. The molecule has 0 unspecified atom stereocenters. The molecule has 0 amide bonds. The Kier molecular flexibility index (Phi) is 6.05. The highest BCUT2D eigenvalue weighted by molar-refractivity contribution is 7.98. The minimum Gasteiger partial charge on any atom is -0.294 e. The maximum absolute atomic E-state index is 5.09. The van der Waals surface area contributed by atoms with E-state index in [1.165, 1.54) is 44.0 Å². The molecule has 8 rings (SSSR count).